The fourth-order valence-electron chi connectivity index (χ4n) is 4.14. The van der Waals surface area contributed by atoms with E-state index in [2.05, 4.69) is 37.5 Å². The van der Waals surface area contributed by atoms with Crippen LogP contribution in [0.2, 0.25) is 5.28 Å². The minimum absolute atomic E-state index is 0.0927. The summed E-state index contributed by atoms with van der Waals surface area (Å²) < 4.78 is 17.2. The van der Waals surface area contributed by atoms with Crippen molar-refractivity contribution in [3.63, 3.8) is 0 Å². The summed E-state index contributed by atoms with van der Waals surface area (Å²) in [7, 11) is 0. The third-order valence-corrected chi connectivity index (χ3v) is 7.02. The number of hydrogen-bond acceptors (Lipinski definition) is 8. The van der Waals surface area contributed by atoms with E-state index in [9.17, 15) is 0 Å². The van der Waals surface area contributed by atoms with Gasteiger partial charge in [0.1, 0.15) is 5.82 Å². The molecule has 1 aliphatic heterocycles. The molecule has 11 heteroatoms. The van der Waals surface area contributed by atoms with Crippen LogP contribution in [-0.2, 0) is 13.1 Å². The molecule has 0 amide bonds. The number of hydrogen-bond donors (Lipinski definition) is 2. The Morgan fingerprint density at radius 2 is 1.85 bits per heavy atom. The van der Waals surface area contributed by atoms with Gasteiger partial charge in [-0.2, -0.15) is 14.6 Å². The van der Waals surface area contributed by atoms with Crippen molar-refractivity contribution in [2.75, 3.05) is 16.0 Å². The third-order valence-electron chi connectivity index (χ3n) is 5.77. The van der Waals surface area contributed by atoms with Gasteiger partial charge in [0.15, 0.2) is 5.82 Å². The normalized spacial score (nSPS) is 13.0. The zero-order valence-electron chi connectivity index (χ0n) is 18.0. The van der Waals surface area contributed by atoms with E-state index in [1.54, 1.807) is 12.1 Å². The molecule has 0 saturated carbocycles. The van der Waals surface area contributed by atoms with Gasteiger partial charge >= 0.3 is 0 Å². The summed E-state index contributed by atoms with van der Waals surface area (Å²) >= 11 is 7.60. The summed E-state index contributed by atoms with van der Waals surface area (Å²) in [5, 5.41) is 9.51. The highest BCUT2D eigenvalue weighted by Crippen LogP contribution is 2.33. The smallest absolute Gasteiger partial charge is 0.248 e. The highest BCUT2D eigenvalue weighted by Gasteiger charge is 2.22. The van der Waals surface area contributed by atoms with Gasteiger partial charge in [0.25, 0.3) is 0 Å². The van der Waals surface area contributed by atoms with Gasteiger partial charge in [0.2, 0.25) is 17.2 Å². The fraction of sp³-hybridized carbons (Fsp3) is 0.130. The van der Waals surface area contributed by atoms with Gasteiger partial charge in [0, 0.05) is 18.8 Å². The summed E-state index contributed by atoms with van der Waals surface area (Å²) in [6.07, 6.45) is 0. The molecular formula is C23H18ClFN8S. The molecule has 5 aromatic rings. The molecule has 0 saturated heterocycles. The molecule has 1 aliphatic rings. The molecule has 6 rings (SSSR count). The third kappa shape index (κ3) is 3.51. The van der Waals surface area contributed by atoms with E-state index >= 15 is 4.39 Å². The predicted octanol–water partition coefficient (Wildman–Crippen LogP) is 5.22. The van der Waals surface area contributed by atoms with Crippen LogP contribution in [-0.4, -0.2) is 24.7 Å². The molecule has 170 valence electrons. The number of benzene rings is 2. The van der Waals surface area contributed by atoms with Gasteiger partial charge in [0.05, 0.1) is 15.9 Å². The number of aryl methyl sites for hydroxylation is 1. The van der Waals surface area contributed by atoms with E-state index < -0.39 is 0 Å². The number of anilines is 4. The number of aromatic nitrogens is 5. The lowest BCUT2D eigenvalue weighted by Gasteiger charge is -2.19. The molecule has 0 bridgehead atoms. The predicted molar refractivity (Wildman–Crippen MR) is 133 cm³/mol. The molecule has 0 atom stereocenters. The molecule has 0 unspecified atom stereocenters. The van der Waals surface area contributed by atoms with E-state index in [1.165, 1.54) is 33.2 Å². The van der Waals surface area contributed by atoms with Gasteiger partial charge in [-0.05, 0) is 58.8 Å². The Balaban J connectivity index is 1.27. The number of nitrogens with zero attached hydrogens (tertiary/aromatic N) is 6. The largest absolute Gasteiger partial charge is 0.368 e. The average molecular weight is 493 g/mol. The maximum Gasteiger partial charge on any atom is 0.248 e. The minimum Gasteiger partial charge on any atom is -0.368 e. The van der Waals surface area contributed by atoms with Crippen LogP contribution < -0.4 is 16.0 Å². The van der Waals surface area contributed by atoms with Crippen LogP contribution in [0.5, 0.6) is 0 Å². The molecule has 3 aromatic heterocycles. The Morgan fingerprint density at radius 3 is 2.59 bits per heavy atom. The lowest BCUT2D eigenvalue weighted by Crippen LogP contribution is -2.16. The van der Waals surface area contributed by atoms with Crippen molar-refractivity contribution >= 4 is 56.4 Å². The monoisotopic (exact) mass is 492 g/mol. The van der Waals surface area contributed by atoms with Crippen molar-refractivity contribution in [3.05, 3.63) is 75.6 Å². The first-order valence-electron chi connectivity index (χ1n) is 10.5. The van der Waals surface area contributed by atoms with E-state index in [0.717, 1.165) is 15.8 Å². The van der Waals surface area contributed by atoms with Crippen LogP contribution in [0.1, 0.15) is 16.7 Å². The van der Waals surface area contributed by atoms with Gasteiger partial charge in [-0.3, -0.25) is 0 Å². The number of nitrogens with two attached hydrogens (primary N) is 1. The van der Waals surface area contributed by atoms with Crippen LogP contribution in [0.15, 0.2) is 47.8 Å². The van der Waals surface area contributed by atoms with Crippen LogP contribution in [0.3, 0.4) is 0 Å². The van der Waals surface area contributed by atoms with E-state index in [-0.39, 0.29) is 23.0 Å². The van der Waals surface area contributed by atoms with Crippen molar-refractivity contribution in [3.8, 4) is 5.82 Å². The molecule has 0 fully saturated rings. The first kappa shape index (κ1) is 20.8. The molecule has 3 N–H and O–H groups in total. The van der Waals surface area contributed by atoms with E-state index in [1.807, 2.05) is 29.3 Å². The van der Waals surface area contributed by atoms with Crippen molar-refractivity contribution in [1.82, 2.24) is 24.7 Å². The standard InChI is InChI=1S/C23H18ClFN8S/c1-12-11-34-19-18(12)28-21(24)29-20(19)33-22(26)30-23(31-33)27-15-6-7-17(16(25)8-15)32-9-13-4-2-3-5-14(13)10-32/h2-8,11H,9-10H2,1H3,(H3,26,27,30,31). The summed E-state index contributed by atoms with van der Waals surface area (Å²) in [5.41, 5.74) is 11.3. The van der Waals surface area contributed by atoms with Gasteiger partial charge in [-0.1, -0.05) is 24.3 Å². The fourth-order valence-corrected chi connectivity index (χ4v) is 5.27. The Kier molecular flexibility index (Phi) is 4.85. The Morgan fingerprint density at radius 1 is 1.09 bits per heavy atom. The second-order valence-electron chi connectivity index (χ2n) is 8.03. The first-order valence-corrected chi connectivity index (χ1v) is 11.7. The summed E-state index contributed by atoms with van der Waals surface area (Å²) in [6.45, 7) is 3.31. The molecule has 34 heavy (non-hydrogen) atoms. The van der Waals surface area contributed by atoms with Crippen molar-refractivity contribution in [2.45, 2.75) is 20.0 Å². The number of halogens is 2. The van der Waals surface area contributed by atoms with Crippen LogP contribution in [0, 0.1) is 12.7 Å². The second-order valence-corrected chi connectivity index (χ2v) is 9.25. The summed E-state index contributed by atoms with van der Waals surface area (Å²) in [4.78, 5) is 14.9. The maximum absolute atomic E-state index is 15.0. The Bertz CT molecular complexity index is 1540. The summed E-state index contributed by atoms with van der Waals surface area (Å²) in [5.74, 6) is 0.454. The zero-order chi connectivity index (χ0) is 23.4. The van der Waals surface area contributed by atoms with Crippen molar-refractivity contribution < 1.29 is 4.39 Å². The number of rotatable bonds is 4. The number of nitrogens with one attached hydrogen (secondary N) is 1. The molecule has 8 nitrogen and oxygen atoms in total. The Hall–Kier alpha value is -3.76. The number of fused-ring (bicyclic) bond motifs is 2. The van der Waals surface area contributed by atoms with Gasteiger partial charge in [-0.15, -0.1) is 16.4 Å². The van der Waals surface area contributed by atoms with Gasteiger partial charge in [-0.25, -0.2) is 9.37 Å². The van der Waals surface area contributed by atoms with Crippen LogP contribution >= 0.6 is 22.9 Å². The highest BCUT2D eigenvalue weighted by atomic mass is 35.5. The quantitative estimate of drug-likeness (QED) is 0.332. The van der Waals surface area contributed by atoms with E-state index in [4.69, 9.17) is 17.3 Å². The number of nitrogen functional groups attached to an aromatic ring is 1. The number of thiophene rings is 1. The molecular weight excluding hydrogens is 475 g/mol. The topological polar surface area (TPSA) is 97.8 Å². The van der Waals surface area contributed by atoms with Crippen LogP contribution in [0.25, 0.3) is 16.0 Å². The molecule has 2 aromatic carbocycles. The van der Waals surface area contributed by atoms with Gasteiger partial charge < -0.3 is 16.0 Å². The molecule has 4 heterocycles. The maximum atomic E-state index is 15.0. The van der Waals surface area contributed by atoms with Crippen molar-refractivity contribution in [1.29, 1.82) is 0 Å². The minimum atomic E-state index is -0.330. The van der Waals surface area contributed by atoms with E-state index in [0.29, 0.717) is 30.3 Å². The summed E-state index contributed by atoms with van der Waals surface area (Å²) in [6, 6.07) is 13.1. The lowest BCUT2D eigenvalue weighted by atomic mass is 10.1. The second kappa shape index (κ2) is 7.93. The molecule has 0 radical (unpaired) electrons. The average Bonchev–Trinajstić information content (AvgIpc) is 3.50. The Labute approximate surface area is 202 Å². The first-order chi connectivity index (χ1) is 16.5. The van der Waals surface area contributed by atoms with Crippen LogP contribution in [0.4, 0.5) is 27.7 Å². The van der Waals surface area contributed by atoms with Crippen molar-refractivity contribution in [2.24, 2.45) is 0 Å². The SMILES string of the molecule is Cc1csc2c(-n3nc(Nc4ccc(N5Cc6ccccc6C5)c(F)c4)nc3N)nc(Cl)nc12. The molecule has 0 aliphatic carbocycles. The lowest BCUT2D eigenvalue weighted by molar-refractivity contribution is 0.620. The zero-order valence-corrected chi connectivity index (χ0v) is 19.5. The highest BCUT2D eigenvalue weighted by molar-refractivity contribution is 7.17. The molecule has 0 spiro atoms.